The third kappa shape index (κ3) is 0.778. The molecule has 0 radical (unpaired) electrons. The van der Waals surface area contributed by atoms with Crippen molar-refractivity contribution in [2.45, 2.75) is 0 Å². The molecule has 0 amide bonds. The topological polar surface area (TPSA) is 73.2 Å². The number of hydrogen-bond donors (Lipinski definition) is 1. The van der Waals surface area contributed by atoms with Crippen molar-refractivity contribution in [1.29, 1.82) is 0 Å². The van der Waals surface area contributed by atoms with E-state index in [-0.39, 0.29) is 10.7 Å². The van der Waals surface area contributed by atoms with E-state index >= 15 is 0 Å². The highest BCUT2D eigenvalue weighted by Gasteiger charge is 2.07. The third-order valence-electron chi connectivity index (χ3n) is 1.37. The highest BCUT2D eigenvalue weighted by molar-refractivity contribution is 5.71. The molecule has 0 unspecified atom stereocenters. The molecule has 1 aromatic heterocycles. The van der Waals surface area contributed by atoms with Gasteiger partial charge in [0.1, 0.15) is 5.75 Å². The summed E-state index contributed by atoms with van der Waals surface area (Å²) in [6, 6.07) is 4.19. The first-order chi connectivity index (χ1) is 5.27. The number of aromatic nitrogens is 2. The molecule has 2 aromatic rings. The smallest absolute Gasteiger partial charge is 0.252 e. The molecule has 0 bridgehead atoms. The Labute approximate surface area is 61.0 Å². The Morgan fingerprint density at radius 2 is 2.36 bits per heavy atom. The van der Waals surface area contributed by atoms with Gasteiger partial charge in [0.2, 0.25) is 5.52 Å². The minimum atomic E-state index is 0.0615. The van der Waals surface area contributed by atoms with E-state index in [1.807, 2.05) is 0 Å². The van der Waals surface area contributed by atoms with E-state index in [1.165, 1.54) is 18.2 Å². The maximum Gasteiger partial charge on any atom is 0.252 e. The predicted octanol–water partition coefficient (Wildman–Crippen LogP) is 0.167. The number of nitrogens with zero attached hydrogens (tertiary/aromatic N) is 2. The first kappa shape index (κ1) is 5.96. The lowest BCUT2D eigenvalue weighted by Crippen LogP contribution is -2.22. The van der Waals surface area contributed by atoms with E-state index in [0.717, 1.165) is 0 Å². The van der Waals surface area contributed by atoms with Crippen LogP contribution in [0, 0.1) is 5.21 Å². The van der Waals surface area contributed by atoms with Crippen LogP contribution in [0.5, 0.6) is 5.75 Å². The van der Waals surface area contributed by atoms with Gasteiger partial charge in [0.05, 0.1) is 0 Å². The monoisotopic (exact) mass is 152 g/mol. The summed E-state index contributed by atoms with van der Waals surface area (Å²) in [6.07, 6.45) is 0. The molecule has 5 heteroatoms. The fourth-order valence-electron chi connectivity index (χ4n) is 0.864. The average Bonchev–Trinajstić information content (AvgIpc) is 2.32. The molecule has 56 valence electrons. The molecule has 11 heavy (non-hydrogen) atoms. The largest absolute Gasteiger partial charge is 0.508 e. The van der Waals surface area contributed by atoms with Gasteiger partial charge in [-0.2, -0.15) is 0 Å². The van der Waals surface area contributed by atoms with Crippen molar-refractivity contribution < 1.29 is 14.6 Å². The molecule has 0 aliphatic heterocycles. The van der Waals surface area contributed by atoms with Gasteiger partial charge < -0.3 is 10.3 Å². The molecule has 0 aliphatic rings. The van der Waals surface area contributed by atoms with Gasteiger partial charge in [-0.25, -0.2) is 0 Å². The van der Waals surface area contributed by atoms with Crippen molar-refractivity contribution in [2.75, 3.05) is 0 Å². The highest BCUT2D eigenvalue weighted by Crippen LogP contribution is 2.14. The standard InChI is InChI=1S/C6H4N2O3/c9-4-1-2-6-5(3-4)7-11-8(6)10/h1-3,9H. The number of phenols is 1. The van der Waals surface area contributed by atoms with Crippen LogP contribution >= 0.6 is 0 Å². The maximum absolute atomic E-state index is 10.7. The Kier molecular flexibility index (Phi) is 1.00. The quantitative estimate of drug-likeness (QED) is 0.546. The molecule has 0 spiro atoms. The van der Waals surface area contributed by atoms with Crippen LogP contribution in [0.2, 0.25) is 0 Å². The fraction of sp³-hybridized carbons (Fsp3) is 0. The maximum atomic E-state index is 10.7. The van der Waals surface area contributed by atoms with Gasteiger partial charge in [-0.1, -0.05) is 0 Å². The van der Waals surface area contributed by atoms with Gasteiger partial charge in [-0.3, -0.25) is 4.63 Å². The van der Waals surface area contributed by atoms with E-state index in [4.69, 9.17) is 5.11 Å². The van der Waals surface area contributed by atoms with Gasteiger partial charge >= 0.3 is 0 Å². The number of rotatable bonds is 0. The summed E-state index contributed by atoms with van der Waals surface area (Å²) in [6.45, 7) is 0. The zero-order valence-corrected chi connectivity index (χ0v) is 5.39. The lowest BCUT2D eigenvalue weighted by Gasteiger charge is -1.86. The Morgan fingerprint density at radius 1 is 1.55 bits per heavy atom. The SMILES string of the molecule is [O-][n+]1onc2cc(O)ccc21. The molecule has 0 aliphatic carbocycles. The molecule has 1 N–H and O–H groups in total. The summed E-state index contributed by atoms with van der Waals surface area (Å²) < 4.78 is 4.27. The van der Waals surface area contributed by atoms with Crippen molar-refractivity contribution in [3.05, 3.63) is 23.4 Å². The van der Waals surface area contributed by atoms with Crippen LogP contribution in [0.1, 0.15) is 0 Å². The Balaban J connectivity index is 2.86. The second-order valence-electron chi connectivity index (χ2n) is 2.10. The molecule has 0 fully saturated rings. The zero-order chi connectivity index (χ0) is 7.84. The molecule has 0 atom stereocenters. The Hall–Kier alpha value is -1.78. The van der Waals surface area contributed by atoms with Crippen LogP contribution in [0.4, 0.5) is 0 Å². The van der Waals surface area contributed by atoms with Crippen molar-refractivity contribution in [3.8, 4) is 5.75 Å². The van der Waals surface area contributed by atoms with Crippen molar-refractivity contribution in [3.63, 3.8) is 0 Å². The Morgan fingerprint density at radius 3 is 3.18 bits per heavy atom. The molecule has 0 saturated carbocycles. The number of benzene rings is 1. The van der Waals surface area contributed by atoms with Gasteiger partial charge in [0.25, 0.3) is 5.52 Å². The van der Waals surface area contributed by atoms with Crippen LogP contribution in [0.25, 0.3) is 11.0 Å². The number of hydrogen-bond acceptors (Lipinski definition) is 4. The number of aromatic hydroxyl groups is 1. The van der Waals surface area contributed by atoms with E-state index < -0.39 is 0 Å². The molecule has 0 saturated heterocycles. The first-order valence-electron chi connectivity index (χ1n) is 2.96. The number of phenolic OH excluding ortho intramolecular Hbond substituents is 1. The van der Waals surface area contributed by atoms with Gasteiger partial charge in [0.15, 0.2) is 0 Å². The molecule has 2 rings (SSSR count). The minimum Gasteiger partial charge on any atom is -0.508 e. The molecule has 1 heterocycles. The summed E-state index contributed by atoms with van der Waals surface area (Å²) in [7, 11) is 0. The lowest BCUT2D eigenvalue weighted by molar-refractivity contribution is -0.782. The summed E-state index contributed by atoms with van der Waals surface area (Å²) in [4.78, 5) is 0.286. The minimum absolute atomic E-state index is 0.0615. The molecular formula is C6H4N2O3. The van der Waals surface area contributed by atoms with E-state index in [1.54, 1.807) is 0 Å². The van der Waals surface area contributed by atoms with Crippen molar-refractivity contribution in [1.82, 2.24) is 5.16 Å². The first-order valence-corrected chi connectivity index (χ1v) is 2.96. The van der Waals surface area contributed by atoms with E-state index in [0.29, 0.717) is 11.0 Å². The fourth-order valence-corrected chi connectivity index (χ4v) is 0.864. The third-order valence-corrected chi connectivity index (χ3v) is 1.37. The van der Waals surface area contributed by atoms with Crippen LogP contribution in [0.3, 0.4) is 0 Å². The number of fused-ring (bicyclic) bond motifs is 1. The van der Waals surface area contributed by atoms with Crippen LogP contribution in [-0.4, -0.2) is 10.3 Å². The van der Waals surface area contributed by atoms with Gasteiger partial charge in [-0.05, 0) is 17.0 Å². The second-order valence-corrected chi connectivity index (χ2v) is 2.10. The van der Waals surface area contributed by atoms with Crippen LogP contribution in [-0.2, 0) is 0 Å². The molecule has 5 nitrogen and oxygen atoms in total. The Bertz CT molecular complexity index is 396. The summed E-state index contributed by atoms with van der Waals surface area (Å²) >= 11 is 0. The summed E-state index contributed by atoms with van der Waals surface area (Å²) in [5.41, 5.74) is 0.655. The van der Waals surface area contributed by atoms with E-state index in [2.05, 4.69) is 9.79 Å². The van der Waals surface area contributed by atoms with Gasteiger partial charge in [0, 0.05) is 11.2 Å². The van der Waals surface area contributed by atoms with Crippen LogP contribution < -0.4 is 4.90 Å². The van der Waals surface area contributed by atoms with Crippen molar-refractivity contribution in [2.24, 2.45) is 0 Å². The normalized spacial score (nSPS) is 10.5. The zero-order valence-electron chi connectivity index (χ0n) is 5.39. The van der Waals surface area contributed by atoms with Crippen molar-refractivity contribution >= 4 is 11.0 Å². The highest BCUT2D eigenvalue weighted by atomic mass is 16.8. The average molecular weight is 152 g/mol. The molecule has 1 aromatic carbocycles. The van der Waals surface area contributed by atoms with E-state index in [9.17, 15) is 5.21 Å². The van der Waals surface area contributed by atoms with Gasteiger partial charge in [-0.15, -0.1) is 0 Å². The lowest BCUT2D eigenvalue weighted by atomic mass is 10.3. The summed E-state index contributed by atoms with van der Waals surface area (Å²) in [5, 5.41) is 23.0. The van der Waals surface area contributed by atoms with Crippen LogP contribution in [0.15, 0.2) is 22.8 Å². The molecular weight excluding hydrogens is 148 g/mol. The second kappa shape index (κ2) is 1.85. The summed E-state index contributed by atoms with van der Waals surface area (Å²) in [5.74, 6) is 0.0615. The predicted molar refractivity (Wildman–Crippen MR) is 34.6 cm³/mol.